The Labute approximate surface area is 144 Å². The lowest BCUT2D eigenvalue weighted by Gasteiger charge is -2.34. The second kappa shape index (κ2) is 7.81. The largest absolute Gasteiger partial charge is 0.461 e. The van der Waals surface area contributed by atoms with Crippen LogP contribution >= 0.6 is 0 Å². The van der Waals surface area contributed by atoms with Crippen molar-refractivity contribution in [2.24, 2.45) is 0 Å². The number of nitrogens with zero attached hydrogens (tertiary/aromatic N) is 2. The maximum absolute atomic E-state index is 12.5. The first-order chi connectivity index (χ1) is 11.7. The number of para-hydroxylation sites is 1. The van der Waals surface area contributed by atoms with E-state index in [9.17, 15) is 4.79 Å². The molecule has 0 aromatic heterocycles. The van der Waals surface area contributed by atoms with E-state index in [0.717, 1.165) is 56.2 Å². The van der Waals surface area contributed by atoms with Crippen LogP contribution in [0.15, 0.2) is 35.6 Å². The maximum Gasteiger partial charge on any atom is 0.250 e. The number of allylic oxidation sites excluding steroid dienone is 1. The third-order valence-corrected chi connectivity index (χ3v) is 4.93. The minimum absolute atomic E-state index is 0.00537. The Morgan fingerprint density at radius 3 is 2.62 bits per heavy atom. The number of carbonyl (C=O) groups is 1. The maximum atomic E-state index is 12.5. The summed E-state index contributed by atoms with van der Waals surface area (Å²) in [6, 6.07) is 7.90. The van der Waals surface area contributed by atoms with Crippen molar-refractivity contribution >= 4 is 5.91 Å². The van der Waals surface area contributed by atoms with E-state index in [1.54, 1.807) is 0 Å². The Hall–Kier alpha value is -1.85. The van der Waals surface area contributed by atoms with Gasteiger partial charge in [-0.2, -0.15) is 0 Å². The molecule has 0 atom stereocenters. The molecule has 2 heterocycles. The number of fused-ring (bicyclic) bond motifs is 1. The molecule has 2 aliphatic rings. The van der Waals surface area contributed by atoms with E-state index in [0.29, 0.717) is 18.7 Å². The van der Waals surface area contributed by atoms with E-state index in [-0.39, 0.29) is 5.91 Å². The quantitative estimate of drug-likeness (QED) is 0.892. The van der Waals surface area contributed by atoms with Crippen molar-refractivity contribution in [1.82, 2.24) is 15.1 Å². The predicted octanol–water partition coefficient (Wildman–Crippen LogP) is 1.65. The van der Waals surface area contributed by atoms with Crippen LogP contribution in [0.5, 0.6) is 5.75 Å². The fourth-order valence-corrected chi connectivity index (χ4v) is 3.29. The Kier molecular flexibility index (Phi) is 5.53. The van der Waals surface area contributed by atoms with Gasteiger partial charge in [-0.3, -0.25) is 9.69 Å². The van der Waals surface area contributed by atoms with Gasteiger partial charge in [0.2, 0.25) is 0 Å². The van der Waals surface area contributed by atoms with Crippen LogP contribution in [0, 0.1) is 0 Å². The summed E-state index contributed by atoms with van der Waals surface area (Å²) in [6.07, 6.45) is 0.642. The molecular weight excluding hydrogens is 302 g/mol. The van der Waals surface area contributed by atoms with E-state index in [1.165, 1.54) is 0 Å². The summed E-state index contributed by atoms with van der Waals surface area (Å²) in [6.45, 7) is 11.2. The van der Waals surface area contributed by atoms with Crippen LogP contribution < -0.4 is 10.1 Å². The van der Waals surface area contributed by atoms with Crippen LogP contribution in [0.3, 0.4) is 0 Å². The molecule has 1 fully saturated rings. The number of likely N-dealkylation sites (N-methyl/N-ethyl adjacent to an activating group) is 1. The van der Waals surface area contributed by atoms with Crippen LogP contribution in [0.1, 0.15) is 19.4 Å². The third kappa shape index (κ3) is 3.97. The molecule has 0 unspecified atom stereocenters. The second-order valence-electron chi connectivity index (χ2n) is 6.45. The SMILES string of the molecule is CCN1CCN(CCNC(=O)C2=C(C)Oc3ccccc3C2)CC1. The van der Waals surface area contributed by atoms with Crippen LogP contribution in [-0.4, -0.2) is 61.5 Å². The Balaban J connectivity index is 1.47. The van der Waals surface area contributed by atoms with Crippen molar-refractivity contribution in [2.45, 2.75) is 20.3 Å². The van der Waals surface area contributed by atoms with Gasteiger partial charge in [0.25, 0.3) is 5.91 Å². The first-order valence-electron chi connectivity index (χ1n) is 8.85. The highest BCUT2D eigenvalue weighted by Crippen LogP contribution is 2.29. The molecule has 5 heteroatoms. The summed E-state index contributed by atoms with van der Waals surface area (Å²) in [5, 5.41) is 3.05. The molecule has 0 saturated carbocycles. The average molecular weight is 329 g/mol. The van der Waals surface area contributed by atoms with Gasteiger partial charge in [-0.05, 0) is 25.1 Å². The molecule has 24 heavy (non-hydrogen) atoms. The Morgan fingerprint density at radius 1 is 1.17 bits per heavy atom. The van der Waals surface area contributed by atoms with Gasteiger partial charge in [-0.15, -0.1) is 0 Å². The van der Waals surface area contributed by atoms with Crippen LogP contribution in [0.25, 0.3) is 0 Å². The third-order valence-electron chi connectivity index (χ3n) is 4.93. The molecule has 3 rings (SSSR count). The number of piperazine rings is 1. The first kappa shape index (κ1) is 17.0. The fourth-order valence-electron chi connectivity index (χ4n) is 3.29. The lowest BCUT2D eigenvalue weighted by molar-refractivity contribution is -0.117. The molecule has 0 radical (unpaired) electrons. The molecule has 1 aromatic rings. The summed E-state index contributed by atoms with van der Waals surface area (Å²) in [7, 11) is 0. The highest BCUT2D eigenvalue weighted by atomic mass is 16.5. The number of benzene rings is 1. The van der Waals surface area contributed by atoms with Crippen LogP contribution in [0.4, 0.5) is 0 Å². The summed E-state index contributed by atoms with van der Waals surface area (Å²) in [5.41, 5.74) is 1.81. The second-order valence-corrected chi connectivity index (χ2v) is 6.45. The number of hydrogen-bond donors (Lipinski definition) is 1. The monoisotopic (exact) mass is 329 g/mol. The topological polar surface area (TPSA) is 44.8 Å². The van der Waals surface area contributed by atoms with Gasteiger partial charge in [0.05, 0.1) is 5.57 Å². The van der Waals surface area contributed by atoms with Crippen molar-refractivity contribution in [1.29, 1.82) is 0 Å². The number of rotatable bonds is 5. The van der Waals surface area contributed by atoms with Crippen molar-refractivity contribution in [3.05, 3.63) is 41.2 Å². The molecule has 1 N–H and O–H groups in total. The molecule has 5 nitrogen and oxygen atoms in total. The summed E-state index contributed by atoms with van der Waals surface area (Å²) in [4.78, 5) is 17.4. The van der Waals surface area contributed by atoms with Crippen LogP contribution in [0.2, 0.25) is 0 Å². The van der Waals surface area contributed by atoms with Gasteiger partial charge in [0.15, 0.2) is 0 Å². The molecular formula is C19H27N3O2. The van der Waals surface area contributed by atoms with Gasteiger partial charge < -0.3 is 15.0 Å². The summed E-state index contributed by atoms with van der Waals surface area (Å²) >= 11 is 0. The number of amides is 1. The minimum atomic E-state index is -0.00537. The molecule has 1 amide bonds. The number of ether oxygens (including phenoxy) is 1. The zero-order valence-electron chi connectivity index (χ0n) is 14.7. The van der Waals surface area contributed by atoms with Crippen molar-refractivity contribution in [2.75, 3.05) is 45.8 Å². The standard InChI is InChI=1S/C19H27N3O2/c1-3-21-10-12-22(13-11-21)9-8-20-19(23)17-14-16-6-4-5-7-18(16)24-15(17)2/h4-7H,3,8-14H2,1-2H3,(H,20,23). The molecule has 1 aromatic carbocycles. The molecule has 0 bridgehead atoms. The molecule has 130 valence electrons. The van der Waals surface area contributed by atoms with Crippen molar-refractivity contribution in [3.63, 3.8) is 0 Å². The zero-order chi connectivity index (χ0) is 16.9. The predicted molar refractivity (Wildman–Crippen MR) is 95.0 cm³/mol. The number of nitrogens with one attached hydrogen (secondary N) is 1. The highest BCUT2D eigenvalue weighted by molar-refractivity contribution is 5.94. The van der Waals surface area contributed by atoms with E-state index < -0.39 is 0 Å². The lowest BCUT2D eigenvalue weighted by Crippen LogP contribution is -2.48. The molecule has 1 saturated heterocycles. The number of hydrogen-bond acceptors (Lipinski definition) is 4. The smallest absolute Gasteiger partial charge is 0.250 e. The summed E-state index contributed by atoms with van der Waals surface area (Å²) < 4.78 is 5.79. The Bertz CT molecular complexity index is 619. The van der Waals surface area contributed by atoms with Gasteiger partial charge in [0, 0.05) is 45.7 Å². The number of carbonyl (C=O) groups excluding carboxylic acids is 1. The lowest BCUT2D eigenvalue weighted by atomic mass is 10.00. The fraction of sp³-hybridized carbons (Fsp3) is 0.526. The average Bonchev–Trinajstić information content (AvgIpc) is 2.61. The first-order valence-corrected chi connectivity index (χ1v) is 8.85. The van der Waals surface area contributed by atoms with Gasteiger partial charge in [-0.1, -0.05) is 25.1 Å². The van der Waals surface area contributed by atoms with E-state index in [2.05, 4.69) is 22.0 Å². The Morgan fingerprint density at radius 2 is 1.88 bits per heavy atom. The van der Waals surface area contributed by atoms with Crippen molar-refractivity contribution in [3.8, 4) is 5.75 Å². The summed E-state index contributed by atoms with van der Waals surface area (Å²) in [5.74, 6) is 1.57. The zero-order valence-corrected chi connectivity index (χ0v) is 14.7. The van der Waals surface area contributed by atoms with E-state index in [4.69, 9.17) is 4.74 Å². The normalized spacial score (nSPS) is 18.9. The van der Waals surface area contributed by atoms with Gasteiger partial charge in [0.1, 0.15) is 11.5 Å². The molecule has 2 aliphatic heterocycles. The van der Waals surface area contributed by atoms with Gasteiger partial charge in [-0.25, -0.2) is 0 Å². The highest BCUT2D eigenvalue weighted by Gasteiger charge is 2.22. The van der Waals surface area contributed by atoms with Gasteiger partial charge >= 0.3 is 0 Å². The minimum Gasteiger partial charge on any atom is -0.461 e. The van der Waals surface area contributed by atoms with E-state index >= 15 is 0 Å². The van der Waals surface area contributed by atoms with E-state index in [1.807, 2.05) is 31.2 Å². The molecule has 0 spiro atoms. The van der Waals surface area contributed by atoms with Crippen LogP contribution in [-0.2, 0) is 11.2 Å². The molecule has 0 aliphatic carbocycles. The van der Waals surface area contributed by atoms with Crippen molar-refractivity contribution < 1.29 is 9.53 Å².